The summed E-state index contributed by atoms with van der Waals surface area (Å²) in [6.07, 6.45) is 1.29. The molecule has 0 aliphatic heterocycles. The molecule has 1 aromatic heterocycles. The van der Waals surface area contributed by atoms with Crippen molar-refractivity contribution >= 4 is 27.5 Å². The monoisotopic (exact) mass is 467 g/mol. The maximum absolute atomic E-state index is 12.2. The van der Waals surface area contributed by atoms with Gasteiger partial charge in [0, 0.05) is 14.1 Å². The fraction of sp³-hybridized carbons (Fsp3) is 0.143. The van der Waals surface area contributed by atoms with E-state index in [9.17, 15) is 18.5 Å². The van der Waals surface area contributed by atoms with Crippen molar-refractivity contribution < 1.29 is 17.9 Å². The number of hydrogen-bond acceptors (Lipinski definition) is 8. The first-order chi connectivity index (χ1) is 15.6. The van der Waals surface area contributed by atoms with Gasteiger partial charge in [-0.15, -0.1) is 0 Å². The van der Waals surface area contributed by atoms with Crippen LogP contribution in [0.1, 0.15) is 21.6 Å². The molecule has 0 bridgehead atoms. The van der Waals surface area contributed by atoms with Gasteiger partial charge in [0.05, 0.1) is 28.7 Å². The minimum atomic E-state index is -3.80. The van der Waals surface area contributed by atoms with E-state index in [1.54, 1.807) is 30.3 Å². The minimum absolute atomic E-state index is 0.0526. The zero-order valence-corrected chi connectivity index (χ0v) is 18.6. The van der Waals surface area contributed by atoms with Crippen molar-refractivity contribution in [2.24, 2.45) is 5.73 Å². The van der Waals surface area contributed by atoms with E-state index >= 15 is 0 Å². The first kappa shape index (κ1) is 23.5. The second-order valence-electron chi connectivity index (χ2n) is 7.03. The molecule has 0 fully saturated rings. The smallest absolute Gasteiger partial charge is 0.301 e. The average molecular weight is 468 g/mol. The van der Waals surface area contributed by atoms with Crippen LogP contribution in [0, 0.1) is 11.3 Å². The summed E-state index contributed by atoms with van der Waals surface area (Å²) in [5.41, 5.74) is 12.4. The first-order valence-electron chi connectivity index (χ1n) is 9.50. The quantitative estimate of drug-likeness (QED) is 0.446. The second-order valence-corrected chi connectivity index (χ2v) is 8.91. The van der Waals surface area contributed by atoms with E-state index in [2.05, 4.69) is 14.7 Å². The van der Waals surface area contributed by atoms with Crippen molar-refractivity contribution in [2.75, 3.05) is 24.6 Å². The number of nitriles is 1. The number of benzene rings is 2. The molecule has 170 valence electrons. The van der Waals surface area contributed by atoms with E-state index in [0.717, 1.165) is 4.31 Å². The number of nitrogen functional groups attached to an aromatic ring is 1. The van der Waals surface area contributed by atoms with Gasteiger partial charge in [-0.05, 0) is 29.8 Å². The average Bonchev–Trinajstić information content (AvgIpc) is 2.78. The van der Waals surface area contributed by atoms with Gasteiger partial charge >= 0.3 is 10.2 Å². The number of carbonyl (C=O) groups is 1. The molecular formula is C21H21N7O4S. The zero-order valence-electron chi connectivity index (χ0n) is 17.8. The lowest BCUT2D eigenvalue weighted by atomic mass is 10.1. The highest BCUT2D eigenvalue weighted by atomic mass is 32.2. The number of ether oxygens (including phenoxy) is 1. The van der Waals surface area contributed by atoms with Crippen LogP contribution in [0.2, 0.25) is 0 Å². The molecule has 0 atom stereocenters. The van der Waals surface area contributed by atoms with Crippen LogP contribution in [-0.4, -0.2) is 42.7 Å². The molecule has 1 heterocycles. The fourth-order valence-electron chi connectivity index (χ4n) is 2.75. The summed E-state index contributed by atoms with van der Waals surface area (Å²) < 4.78 is 33.7. The highest BCUT2D eigenvalue weighted by Crippen LogP contribution is 2.29. The maximum Gasteiger partial charge on any atom is 0.301 e. The molecule has 2 aromatic carbocycles. The highest BCUT2D eigenvalue weighted by molar-refractivity contribution is 7.90. The number of carbonyl (C=O) groups excluding carboxylic acids is 1. The first-order valence-corrected chi connectivity index (χ1v) is 10.9. The van der Waals surface area contributed by atoms with Crippen molar-refractivity contribution in [2.45, 2.75) is 6.61 Å². The molecule has 0 unspecified atom stereocenters. The lowest BCUT2D eigenvalue weighted by molar-refractivity contribution is 0.0996. The third-order valence-corrected chi connectivity index (χ3v) is 5.94. The number of nitrogens with two attached hydrogens (primary N) is 2. The Balaban J connectivity index is 1.89. The normalized spacial score (nSPS) is 11.1. The van der Waals surface area contributed by atoms with Gasteiger partial charge in [0.15, 0.2) is 11.5 Å². The number of anilines is 2. The van der Waals surface area contributed by atoms with Crippen LogP contribution in [-0.2, 0) is 16.8 Å². The maximum atomic E-state index is 12.2. The van der Waals surface area contributed by atoms with Gasteiger partial charge in [-0.1, -0.05) is 18.2 Å². The minimum Gasteiger partial charge on any atom is -0.488 e. The molecule has 3 rings (SSSR count). The summed E-state index contributed by atoms with van der Waals surface area (Å²) in [6, 6.07) is 13.5. The molecule has 5 N–H and O–H groups in total. The van der Waals surface area contributed by atoms with Crippen molar-refractivity contribution in [3.05, 3.63) is 65.5 Å². The van der Waals surface area contributed by atoms with Gasteiger partial charge in [0.2, 0.25) is 0 Å². The van der Waals surface area contributed by atoms with Gasteiger partial charge in [-0.2, -0.15) is 18.0 Å². The van der Waals surface area contributed by atoms with Crippen molar-refractivity contribution in [3.63, 3.8) is 0 Å². The molecule has 11 nitrogen and oxygen atoms in total. The van der Waals surface area contributed by atoms with Gasteiger partial charge in [-0.25, -0.2) is 9.97 Å². The molecule has 0 radical (unpaired) electrons. The zero-order chi connectivity index (χ0) is 24.2. The standard InChI is InChI=1S/C21H21N7O4S/c1-28(2)33(30,31)27-17-9-13(7-8-14(17)10-22)12-32-18-6-4-3-5-15(18)21-25-11-16(23)19(26-21)20(24)29/h3-9,11,27H,12,23H2,1-2H3,(H2,24,29). The number of nitrogens with zero attached hydrogens (tertiary/aromatic N) is 4. The van der Waals surface area contributed by atoms with Gasteiger partial charge < -0.3 is 16.2 Å². The molecule has 0 saturated carbocycles. The lowest BCUT2D eigenvalue weighted by Crippen LogP contribution is -2.29. The summed E-state index contributed by atoms with van der Waals surface area (Å²) in [4.78, 5) is 19.9. The predicted octanol–water partition coefficient (Wildman–Crippen LogP) is 1.49. The van der Waals surface area contributed by atoms with Crippen LogP contribution in [0.15, 0.2) is 48.7 Å². The number of para-hydroxylation sites is 1. The summed E-state index contributed by atoms with van der Waals surface area (Å²) in [5.74, 6) is -0.162. The van der Waals surface area contributed by atoms with Gasteiger partial charge in [0.25, 0.3) is 5.91 Å². The summed E-state index contributed by atoms with van der Waals surface area (Å²) in [5, 5.41) is 9.31. The summed E-state index contributed by atoms with van der Waals surface area (Å²) in [6.45, 7) is 0.0526. The highest BCUT2D eigenvalue weighted by Gasteiger charge is 2.17. The largest absolute Gasteiger partial charge is 0.488 e. The number of rotatable bonds is 8. The second kappa shape index (κ2) is 9.51. The van der Waals surface area contributed by atoms with Gasteiger partial charge in [-0.3, -0.25) is 9.52 Å². The lowest BCUT2D eigenvalue weighted by Gasteiger charge is -2.16. The number of hydrogen-bond donors (Lipinski definition) is 3. The van der Waals surface area contributed by atoms with E-state index < -0.39 is 16.1 Å². The Kier molecular flexibility index (Phi) is 6.76. The number of amides is 1. The third-order valence-electron chi connectivity index (χ3n) is 4.50. The van der Waals surface area contributed by atoms with Gasteiger partial charge in [0.1, 0.15) is 18.4 Å². The van der Waals surface area contributed by atoms with Crippen LogP contribution in [0.5, 0.6) is 5.75 Å². The topological polar surface area (TPSA) is 177 Å². The summed E-state index contributed by atoms with van der Waals surface area (Å²) in [7, 11) is -1.05. The Bertz CT molecular complexity index is 1350. The molecule has 12 heteroatoms. The Morgan fingerprint density at radius 2 is 1.97 bits per heavy atom. The van der Waals surface area contributed by atoms with E-state index in [1.165, 1.54) is 32.4 Å². The van der Waals surface area contributed by atoms with Crippen molar-refractivity contribution in [1.82, 2.24) is 14.3 Å². The Labute approximate surface area is 190 Å². The molecule has 0 aliphatic carbocycles. The Morgan fingerprint density at radius 3 is 2.64 bits per heavy atom. The Morgan fingerprint density at radius 1 is 1.24 bits per heavy atom. The molecule has 0 aliphatic rings. The van der Waals surface area contributed by atoms with E-state index in [-0.39, 0.29) is 35.1 Å². The van der Waals surface area contributed by atoms with E-state index in [0.29, 0.717) is 16.9 Å². The summed E-state index contributed by atoms with van der Waals surface area (Å²) >= 11 is 0. The molecule has 1 amide bonds. The SMILES string of the molecule is CN(C)S(=O)(=O)Nc1cc(COc2ccccc2-c2ncc(N)c(C(N)=O)n2)ccc1C#N. The number of nitrogens with one attached hydrogen (secondary N) is 1. The molecule has 0 spiro atoms. The third kappa shape index (κ3) is 5.35. The number of aromatic nitrogens is 2. The predicted molar refractivity (Wildman–Crippen MR) is 122 cm³/mol. The van der Waals surface area contributed by atoms with Crippen LogP contribution in [0.3, 0.4) is 0 Å². The molecule has 0 saturated heterocycles. The van der Waals surface area contributed by atoms with Crippen LogP contribution >= 0.6 is 0 Å². The molecular weight excluding hydrogens is 446 g/mol. The van der Waals surface area contributed by atoms with Crippen LogP contribution in [0.4, 0.5) is 11.4 Å². The van der Waals surface area contributed by atoms with Crippen LogP contribution in [0.25, 0.3) is 11.4 Å². The number of primary amides is 1. The molecule has 33 heavy (non-hydrogen) atoms. The van der Waals surface area contributed by atoms with E-state index in [4.69, 9.17) is 16.2 Å². The fourth-order valence-corrected chi connectivity index (χ4v) is 3.38. The Hall–Kier alpha value is -4.21. The molecule has 3 aromatic rings. The van der Waals surface area contributed by atoms with Crippen molar-refractivity contribution in [1.29, 1.82) is 5.26 Å². The van der Waals surface area contributed by atoms with E-state index in [1.807, 2.05) is 6.07 Å². The van der Waals surface area contributed by atoms with Crippen LogP contribution < -0.4 is 20.9 Å². The van der Waals surface area contributed by atoms with Crippen molar-refractivity contribution in [3.8, 4) is 23.2 Å².